The quantitative estimate of drug-likeness (QED) is 0.786. The highest BCUT2D eigenvalue weighted by atomic mass is 19.4. The normalized spacial score (nSPS) is 12.3. The predicted octanol–water partition coefficient (Wildman–Crippen LogP) is 1.84. The Bertz CT molecular complexity index is 701. The standard InChI is InChI=1S/C13H14F3N5O2/c1-12(2,23)6-17-10-19-9(20-11(22)21-10)7-4-3-5-8(18-7)13(14,15)16/h3-5,23H,6H2,1-2H3,(H2,17,19,20,21,22). The van der Waals surface area contributed by atoms with Gasteiger partial charge in [-0.25, -0.2) is 4.98 Å². The van der Waals surface area contributed by atoms with E-state index in [-0.39, 0.29) is 24.0 Å². The van der Waals surface area contributed by atoms with E-state index >= 15 is 0 Å². The van der Waals surface area contributed by atoms with Gasteiger partial charge >= 0.3 is 12.2 Å². The van der Waals surface area contributed by atoms with Gasteiger partial charge in [0.15, 0.2) is 5.82 Å². The van der Waals surface area contributed by atoms with Gasteiger partial charge in [-0.3, -0.25) is 0 Å². The summed E-state index contributed by atoms with van der Waals surface area (Å²) in [7, 11) is 0. The zero-order valence-electron chi connectivity index (χ0n) is 12.3. The fourth-order valence-corrected chi connectivity index (χ4v) is 1.57. The van der Waals surface area contributed by atoms with Crippen LogP contribution < -0.4 is 5.32 Å². The summed E-state index contributed by atoms with van der Waals surface area (Å²) in [5.41, 5.74) is -2.33. The molecule has 2 rings (SSSR count). The van der Waals surface area contributed by atoms with Crippen molar-refractivity contribution >= 4 is 5.95 Å². The maximum Gasteiger partial charge on any atom is 0.433 e. The van der Waals surface area contributed by atoms with Gasteiger partial charge in [-0.15, -0.1) is 0 Å². The fourth-order valence-electron chi connectivity index (χ4n) is 1.57. The average molecular weight is 329 g/mol. The molecule has 2 heterocycles. The van der Waals surface area contributed by atoms with Crippen molar-refractivity contribution in [3.05, 3.63) is 23.9 Å². The molecule has 0 fully saturated rings. The number of hydrogen-bond donors (Lipinski definition) is 3. The van der Waals surface area contributed by atoms with Gasteiger partial charge in [0.2, 0.25) is 5.95 Å². The van der Waals surface area contributed by atoms with E-state index in [0.29, 0.717) is 0 Å². The van der Waals surface area contributed by atoms with Crippen LogP contribution in [-0.4, -0.2) is 42.3 Å². The third-order valence-corrected chi connectivity index (χ3v) is 2.57. The Hall–Kier alpha value is -2.49. The molecule has 0 spiro atoms. The van der Waals surface area contributed by atoms with E-state index in [1.54, 1.807) is 0 Å². The topological polar surface area (TPSA) is 104 Å². The van der Waals surface area contributed by atoms with Crippen molar-refractivity contribution in [3.63, 3.8) is 0 Å². The molecule has 124 valence electrons. The summed E-state index contributed by atoms with van der Waals surface area (Å²) in [6, 6.07) is 2.59. The minimum Gasteiger partial charge on any atom is -0.479 e. The second kappa shape index (κ2) is 5.95. The number of aromatic hydroxyl groups is 1. The lowest BCUT2D eigenvalue weighted by Gasteiger charge is -2.17. The van der Waals surface area contributed by atoms with E-state index in [1.165, 1.54) is 19.9 Å². The molecule has 0 aliphatic heterocycles. The molecule has 0 aliphatic rings. The van der Waals surface area contributed by atoms with Crippen molar-refractivity contribution in [3.8, 4) is 17.5 Å². The summed E-state index contributed by atoms with van der Waals surface area (Å²) in [4.78, 5) is 14.5. The van der Waals surface area contributed by atoms with Crippen LogP contribution in [0.15, 0.2) is 18.2 Å². The summed E-state index contributed by atoms with van der Waals surface area (Å²) in [6.07, 6.45) is -4.60. The number of anilines is 1. The van der Waals surface area contributed by atoms with Crippen molar-refractivity contribution in [2.75, 3.05) is 11.9 Å². The van der Waals surface area contributed by atoms with E-state index in [9.17, 15) is 23.4 Å². The Morgan fingerprint density at radius 3 is 2.39 bits per heavy atom. The Morgan fingerprint density at radius 1 is 1.09 bits per heavy atom. The molecule has 0 aliphatic carbocycles. The highest BCUT2D eigenvalue weighted by molar-refractivity contribution is 5.51. The molecule has 7 nitrogen and oxygen atoms in total. The molecule has 23 heavy (non-hydrogen) atoms. The third-order valence-electron chi connectivity index (χ3n) is 2.57. The Labute approximate surface area is 129 Å². The van der Waals surface area contributed by atoms with Crippen LogP contribution in [0.3, 0.4) is 0 Å². The van der Waals surface area contributed by atoms with Crippen LogP contribution >= 0.6 is 0 Å². The molecule has 0 radical (unpaired) electrons. The Balaban J connectivity index is 2.35. The van der Waals surface area contributed by atoms with Gasteiger partial charge in [0.1, 0.15) is 11.4 Å². The van der Waals surface area contributed by atoms with Crippen molar-refractivity contribution in [2.45, 2.75) is 25.6 Å². The lowest BCUT2D eigenvalue weighted by molar-refractivity contribution is -0.141. The number of aromatic nitrogens is 4. The Kier molecular flexibility index (Phi) is 4.37. The zero-order valence-corrected chi connectivity index (χ0v) is 12.3. The first-order chi connectivity index (χ1) is 10.5. The first-order valence-corrected chi connectivity index (χ1v) is 6.50. The second-order valence-electron chi connectivity index (χ2n) is 5.35. The first kappa shape index (κ1) is 16.9. The number of aliphatic hydroxyl groups is 1. The third kappa shape index (κ3) is 4.74. The van der Waals surface area contributed by atoms with Gasteiger partial charge in [0, 0.05) is 6.54 Å². The highest BCUT2D eigenvalue weighted by Crippen LogP contribution is 2.29. The largest absolute Gasteiger partial charge is 0.479 e. The molecular formula is C13H14F3N5O2. The predicted molar refractivity (Wildman–Crippen MR) is 74.5 cm³/mol. The molecule has 0 aromatic carbocycles. The van der Waals surface area contributed by atoms with Gasteiger partial charge < -0.3 is 15.5 Å². The van der Waals surface area contributed by atoms with Gasteiger partial charge in [-0.2, -0.15) is 28.1 Å². The maximum atomic E-state index is 12.7. The SMILES string of the molecule is CC(C)(O)CNc1nc(O)nc(-c2cccc(C(F)(F)F)n2)n1. The van der Waals surface area contributed by atoms with E-state index in [4.69, 9.17) is 0 Å². The molecule has 0 atom stereocenters. The van der Waals surface area contributed by atoms with Crippen molar-refractivity contribution in [1.29, 1.82) is 0 Å². The minimum atomic E-state index is -4.60. The van der Waals surface area contributed by atoms with Crippen LogP contribution in [0.4, 0.5) is 19.1 Å². The molecule has 0 unspecified atom stereocenters. The maximum absolute atomic E-state index is 12.7. The molecular weight excluding hydrogens is 315 g/mol. The van der Waals surface area contributed by atoms with E-state index in [1.807, 2.05) is 0 Å². The molecule has 0 saturated carbocycles. The molecule has 0 bridgehead atoms. The van der Waals surface area contributed by atoms with Crippen LogP contribution in [0.1, 0.15) is 19.5 Å². The number of nitrogens with zero attached hydrogens (tertiary/aromatic N) is 4. The van der Waals surface area contributed by atoms with Crippen molar-refractivity contribution in [2.24, 2.45) is 0 Å². The number of hydrogen-bond acceptors (Lipinski definition) is 7. The van der Waals surface area contributed by atoms with Crippen LogP contribution in [-0.2, 0) is 6.18 Å². The lowest BCUT2D eigenvalue weighted by atomic mass is 10.1. The number of alkyl halides is 3. The molecule has 3 N–H and O–H groups in total. The summed E-state index contributed by atoms with van der Waals surface area (Å²) in [5, 5.41) is 21.8. The monoisotopic (exact) mass is 329 g/mol. The molecule has 0 saturated heterocycles. The number of nitrogens with one attached hydrogen (secondary N) is 1. The van der Waals surface area contributed by atoms with E-state index in [0.717, 1.165) is 12.1 Å². The first-order valence-electron chi connectivity index (χ1n) is 6.50. The minimum absolute atomic E-state index is 0.0614. The Morgan fingerprint density at radius 2 is 1.78 bits per heavy atom. The molecule has 0 amide bonds. The van der Waals surface area contributed by atoms with E-state index in [2.05, 4.69) is 25.3 Å². The molecule has 2 aromatic rings. The average Bonchev–Trinajstić information content (AvgIpc) is 2.43. The number of rotatable bonds is 4. The summed E-state index contributed by atoms with van der Waals surface area (Å²) < 4.78 is 38.1. The van der Waals surface area contributed by atoms with Crippen LogP contribution in [0.25, 0.3) is 11.5 Å². The van der Waals surface area contributed by atoms with Crippen molar-refractivity contribution < 1.29 is 23.4 Å². The van der Waals surface area contributed by atoms with Crippen LogP contribution in [0.2, 0.25) is 0 Å². The van der Waals surface area contributed by atoms with Gasteiger partial charge in [0.25, 0.3) is 0 Å². The summed E-state index contributed by atoms with van der Waals surface area (Å²) in [5.74, 6) is -0.310. The summed E-state index contributed by atoms with van der Waals surface area (Å²) in [6.45, 7) is 3.14. The van der Waals surface area contributed by atoms with Crippen LogP contribution in [0, 0.1) is 0 Å². The lowest BCUT2D eigenvalue weighted by Crippen LogP contribution is -2.30. The van der Waals surface area contributed by atoms with Crippen LogP contribution in [0.5, 0.6) is 6.01 Å². The zero-order chi connectivity index (χ0) is 17.3. The van der Waals surface area contributed by atoms with Gasteiger partial charge in [0.05, 0.1) is 5.60 Å². The fraction of sp³-hybridized carbons (Fsp3) is 0.385. The van der Waals surface area contributed by atoms with Crippen molar-refractivity contribution in [1.82, 2.24) is 19.9 Å². The summed E-state index contributed by atoms with van der Waals surface area (Å²) >= 11 is 0. The number of pyridine rings is 1. The number of halogens is 3. The molecule has 2 aromatic heterocycles. The molecule has 10 heteroatoms. The smallest absolute Gasteiger partial charge is 0.433 e. The van der Waals surface area contributed by atoms with Gasteiger partial charge in [-0.1, -0.05) is 6.07 Å². The van der Waals surface area contributed by atoms with E-state index < -0.39 is 23.5 Å². The second-order valence-corrected chi connectivity index (χ2v) is 5.35. The highest BCUT2D eigenvalue weighted by Gasteiger charge is 2.32. The van der Waals surface area contributed by atoms with Gasteiger partial charge in [-0.05, 0) is 26.0 Å².